The van der Waals surface area contributed by atoms with Crippen LogP contribution < -0.4 is 10.1 Å². The minimum Gasteiger partial charge on any atom is -0.428 e. The quantitative estimate of drug-likeness (QED) is 0.698. The molecule has 1 unspecified atom stereocenters. The molecule has 142 valence electrons. The number of alkyl halides is 4. The lowest BCUT2D eigenvalue weighted by Crippen LogP contribution is -2.47. The molecular weight excluding hydrogens is 336 g/mol. The Labute approximate surface area is 146 Å². The fourth-order valence-corrected chi connectivity index (χ4v) is 3.45. The number of piperazine rings is 1. The van der Waals surface area contributed by atoms with Crippen LogP contribution in [0.1, 0.15) is 38.3 Å². The lowest BCUT2D eigenvalue weighted by Gasteiger charge is -2.39. The van der Waals surface area contributed by atoms with Crippen LogP contribution in [-0.2, 0) is 0 Å². The molecule has 3 nitrogen and oxygen atoms in total. The first-order valence-electron chi connectivity index (χ1n) is 8.75. The maximum Gasteiger partial charge on any atom is 0.461 e. The summed E-state index contributed by atoms with van der Waals surface area (Å²) in [6.07, 6.45) is -6.50. The third-order valence-corrected chi connectivity index (χ3v) is 4.57. The fraction of sp³-hybridized carbons (Fsp3) is 0.667. The monoisotopic (exact) mass is 362 g/mol. The molecule has 0 amide bonds. The average Bonchev–Trinajstić information content (AvgIpc) is 2.57. The van der Waals surface area contributed by atoms with Crippen LogP contribution in [0.25, 0.3) is 0 Å². The van der Waals surface area contributed by atoms with Gasteiger partial charge in [-0.05, 0) is 18.4 Å². The number of benzene rings is 1. The van der Waals surface area contributed by atoms with Gasteiger partial charge >= 0.3 is 12.5 Å². The Morgan fingerprint density at radius 3 is 2.44 bits per heavy atom. The van der Waals surface area contributed by atoms with Gasteiger partial charge in [-0.1, -0.05) is 38.5 Å². The SMILES string of the molecule is CCCC(C)[C@@H](c1ccccc1OC(F)(F)C(F)F)N1CCNCC1. The molecule has 0 radical (unpaired) electrons. The van der Waals surface area contributed by atoms with E-state index in [4.69, 9.17) is 0 Å². The van der Waals surface area contributed by atoms with Crippen molar-refractivity contribution in [1.82, 2.24) is 10.2 Å². The molecule has 1 aliphatic heterocycles. The summed E-state index contributed by atoms with van der Waals surface area (Å²) in [5.41, 5.74) is 0.547. The Hall–Kier alpha value is -1.34. The predicted octanol–water partition coefficient (Wildman–Crippen LogP) is 4.31. The third kappa shape index (κ3) is 5.07. The number of hydrogen-bond donors (Lipinski definition) is 1. The topological polar surface area (TPSA) is 24.5 Å². The highest BCUT2D eigenvalue weighted by Crippen LogP contribution is 2.39. The molecule has 0 saturated carbocycles. The van der Waals surface area contributed by atoms with Gasteiger partial charge in [-0.15, -0.1) is 0 Å². The second-order valence-corrected chi connectivity index (χ2v) is 6.50. The number of nitrogens with one attached hydrogen (secondary N) is 1. The van der Waals surface area contributed by atoms with Gasteiger partial charge < -0.3 is 10.1 Å². The van der Waals surface area contributed by atoms with Crippen LogP contribution in [0.4, 0.5) is 17.6 Å². The van der Waals surface area contributed by atoms with Crippen molar-refractivity contribution in [2.75, 3.05) is 26.2 Å². The van der Waals surface area contributed by atoms with Gasteiger partial charge in [-0.25, -0.2) is 0 Å². The second-order valence-electron chi connectivity index (χ2n) is 6.50. The maximum absolute atomic E-state index is 13.5. The molecule has 0 aromatic heterocycles. The second kappa shape index (κ2) is 8.85. The predicted molar refractivity (Wildman–Crippen MR) is 89.3 cm³/mol. The molecule has 1 heterocycles. The molecule has 2 atom stereocenters. The van der Waals surface area contributed by atoms with Crippen LogP contribution in [0.5, 0.6) is 5.75 Å². The highest BCUT2D eigenvalue weighted by Gasteiger charge is 2.45. The standard InChI is InChI=1S/C18H26F4N2O/c1-3-6-13(2)16(24-11-9-23-10-12-24)14-7-4-5-8-15(14)25-18(21,22)17(19)20/h4-5,7-8,13,16-17,23H,3,6,9-12H2,1-2H3/t13?,16-/m0/s1. The summed E-state index contributed by atoms with van der Waals surface area (Å²) >= 11 is 0. The summed E-state index contributed by atoms with van der Waals surface area (Å²) in [5, 5.41) is 3.27. The molecule has 0 bridgehead atoms. The number of para-hydroxylation sites is 1. The van der Waals surface area contributed by atoms with E-state index in [1.54, 1.807) is 12.1 Å². The molecule has 0 spiro atoms. The van der Waals surface area contributed by atoms with Crippen molar-refractivity contribution < 1.29 is 22.3 Å². The van der Waals surface area contributed by atoms with Crippen molar-refractivity contribution in [3.8, 4) is 5.75 Å². The van der Waals surface area contributed by atoms with Crippen molar-refractivity contribution >= 4 is 0 Å². The molecule has 1 saturated heterocycles. The highest BCUT2D eigenvalue weighted by molar-refractivity contribution is 5.37. The molecule has 1 fully saturated rings. The van der Waals surface area contributed by atoms with Gasteiger partial charge in [-0.2, -0.15) is 17.6 Å². The minimum absolute atomic E-state index is 0.147. The summed E-state index contributed by atoms with van der Waals surface area (Å²) in [5.74, 6) is 0.0207. The fourth-order valence-electron chi connectivity index (χ4n) is 3.45. The van der Waals surface area contributed by atoms with Crippen LogP contribution in [0.15, 0.2) is 24.3 Å². The van der Waals surface area contributed by atoms with Crippen molar-refractivity contribution in [1.29, 1.82) is 0 Å². The van der Waals surface area contributed by atoms with Crippen molar-refractivity contribution in [2.45, 2.75) is 45.3 Å². The Bertz CT molecular complexity index is 536. The molecule has 7 heteroatoms. The van der Waals surface area contributed by atoms with Crippen molar-refractivity contribution in [3.63, 3.8) is 0 Å². The Kier molecular flexibility index (Phi) is 7.07. The van der Waals surface area contributed by atoms with Gasteiger partial charge in [0.05, 0.1) is 0 Å². The van der Waals surface area contributed by atoms with Gasteiger partial charge in [0.1, 0.15) is 5.75 Å². The molecule has 1 aromatic rings. The van der Waals surface area contributed by atoms with Crippen molar-refractivity contribution in [2.24, 2.45) is 5.92 Å². The first kappa shape index (κ1) is 20.0. The van der Waals surface area contributed by atoms with Gasteiger partial charge in [0.2, 0.25) is 0 Å². The van der Waals surface area contributed by atoms with Crippen LogP contribution >= 0.6 is 0 Å². The number of halogens is 4. The molecule has 2 rings (SSSR count). The zero-order valence-corrected chi connectivity index (χ0v) is 14.7. The van der Waals surface area contributed by atoms with E-state index in [-0.39, 0.29) is 17.7 Å². The Morgan fingerprint density at radius 1 is 1.20 bits per heavy atom. The lowest BCUT2D eigenvalue weighted by molar-refractivity contribution is -0.253. The van der Waals surface area contributed by atoms with Gasteiger partial charge in [0.15, 0.2) is 0 Å². The zero-order valence-electron chi connectivity index (χ0n) is 14.7. The van der Waals surface area contributed by atoms with E-state index < -0.39 is 12.5 Å². The Morgan fingerprint density at radius 2 is 1.84 bits per heavy atom. The molecule has 25 heavy (non-hydrogen) atoms. The first-order chi connectivity index (χ1) is 11.9. The van der Waals surface area contributed by atoms with Crippen LogP contribution in [-0.4, -0.2) is 43.6 Å². The summed E-state index contributed by atoms with van der Waals surface area (Å²) in [6.45, 7) is 7.31. The largest absolute Gasteiger partial charge is 0.461 e. The first-order valence-corrected chi connectivity index (χ1v) is 8.75. The zero-order chi connectivity index (χ0) is 18.4. The minimum atomic E-state index is -4.50. The summed E-state index contributed by atoms with van der Waals surface area (Å²) in [7, 11) is 0. The summed E-state index contributed by atoms with van der Waals surface area (Å²) < 4.78 is 56.6. The van der Waals surface area contributed by atoms with E-state index in [2.05, 4.69) is 28.8 Å². The maximum atomic E-state index is 13.5. The van der Waals surface area contributed by atoms with Gasteiger partial charge in [0, 0.05) is 37.8 Å². The summed E-state index contributed by atoms with van der Waals surface area (Å²) in [4.78, 5) is 2.22. The number of nitrogens with zero attached hydrogens (tertiary/aromatic N) is 1. The van der Waals surface area contributed by atoms with E-state index in [0.29, 0.717) is 5.56 Å². The van der Waals surface area contributed by atoms with Crippen molar-refractivity contribution in [3.05, 3.63) is 29.8 Å². The van der Waals surface area contributed by atoms with E-state index in [1.165, 1.54) is 12.1 Å². The highest BCUT2D eigenvalue weighted by atomic mass is 19.3. The van der Waals surface area contributed by atoms with E-state index >= 15 is 0 Å². The Balaban J connectivity index is 2.36. The molecule has 1 N–H and O–H groups in total. The van der Waals surface area contributed by atoms with Crippen LogP contribution in [0.2, 0.25) is 0 Å². The third-order valence-electron chi connectivity index (χ3n) is 4.57. The molecule has 1 aliphatic rings. The normalized spacial score (nSPS) is 19.0. The van der Waals surface area contributed by atoms with Gasteiger partial charge in [-0.3, -0.25) is 4.90 Å². The lowest BCUT2D eigenvalue weighted by atomic mass is 9.88. The summed E-state index contributed by atoms with van der Waals surface area (Å²) in [6, 6.07) is 6.16. The average molecular weight is 362 g/mol. The van der Waals surface area contributed by atoms with E-state index in [0.717, 1.165) is 39.0 Å². The molecule has 0 aliphatic carbocycles. The van der Waals surface area contributed by atoms with E-state index in [1.807, 2.05) is 0 Å². The van der Waals surface area contributed by atoms with Crippen LogP contribution in [0, 0.1) is 5.92 Å². The smallest absolute Gasteiger partial charge is 0.428 e. The number of ether oxygens (including phenoxy) is 1. The number of rotatable bonds is 8. The number of hydrogen-bond acceptors (Lipinski definition) is 3. The van der Waals surface area contributed by atoms with Gasteiger partial charge in [0.25, 0.3) is 0 Å². The van der Waals surface area contributed by atoms with Crippen LogP contribution in [0.3, 0.4) is 0 Å². The molecule has 1 aromatic carbocycles. The van der Waals surface area contributed by atoms with E-state index in [9.17, 15) is 17.6 Å². The molecular formula is C18H26F4N2O.